The van der Waals surface area contributed by atoms with Gasteiger partial charge in [-0.2, -0.15) is 5.48 Å². The van der Waals surface area contributed by atoms with Crippen LogP contribution in [0.3, 0.4) is 0 Å². The van der Waals surface area contributed by atoms with E-state index in [0.717, 1.165) is 12.1 Å². The van der Waals surface area contributed by atoms with Gasteiger partial charge in [-0.3, -0.25) is 9.59 Å². The normalized spacial score (nSPS) is 11.0. The summed E-state index contributed by atoms with van der Waals surface area (Å²) in [5, 5.41) is 0. The molecule has 0 atom stereocenters. The van der Waals surface area contributed by atoms with Crippen LogP contribution in [0.5, 0.6) is 11.5 Å². The molecule has 150 valence electrons. The van der Waals surface area contributed by atoms with Crippen molar-refractivity contribution in [2.45, 2.75) is 6.36 Å². The third kappa shape index (κ3) is 5.12. The van der Waals surface area contributed by atoms with Gasteiger partial charge in [0.05, 0.1) is 0 Å². The minimum Gasteiger partial charge on any atom is -0.403 e. The number of rotatable bonds is 5. The molecule has 29 heavy (non-hydrogen) atoms. The summed E-state index contributed by atoms with van der Waals surface area (Å²) in [6.45, 7) is 0. The molecule has 1 amide bonds. The molecule has 2 N–H and O–H groups in total. The van der Waals surface area contributed by atoms with Crippen LogP contribution in [-0.4, -0.2) is 17.3 Å². The largest absolute Gasteiger partial charge is 0.573 e. The number of hydrogen-bond donors (Lipinski definition) is 2. The zero-order valence-electron chi connectivity index (χ0n) is 14.4. The van der Waals surface area contributed by atoms with Crippen molar-refractivity contribution >= 4 is 5.91 Å². The van der Waals surface area contributed by atoms with Crippen LogP contribution in [-0.2, 0) is 0 Å². The van der Waals surface area contributed by atoms with E-state index in [9.17, 15) is 27.2 Å². The number of H-pyrrole nitrogens is 1. The van der Waals surface area contributed by atoms with Gasteiger partial charge in [0.25, 0.3) is 5.91 Å². The lowest BCUT2D eigenvalue weighted by molar-refractivity contribution is -0.275. The number of benzene rings is 2. The number of ether oxygens (including phenoxy) is 1. The molecule has 0 fully saturated rings. The zero-order valence-corrected chi connectivity index (χ0v) is 14.4. The lowest BCUT2D eigenvalue weighted by Gasteiger charge is -2.15. The Labute approximate surface area is 160 Å². The summed E-state index contributed by atoms with van der Waals surface area (Å²) in [6.07, 6.45) is -3.88. The highest BCUT2D eigenvalue weighted by Gasteiger charge is 2.33. The van der Waals surface area contributed by atoms with Crippen molar-refractivity contribution in [2.24, 2.45) is 0 Å². The highest BCUT2D eigenvalue weighted by Crippen LogP contribution is 2.36. The smallest absolute Gasteiger partial charge is 0.403 e. The van der Waals surface area contributed by atoms with Gasteiger partial charge in [-0.15, -0.1) is 13.2 Å². The van der Waals surface area contributed by atoms with Crippen molar-refractivity contribution in [3.05, 3.63) is 82.5 Å². The topological polar surface area (TPSA) is 80.4 Å². The predicted molar refractivity (Wildman–Crippen MR) is 93.7 cm³/mol. The molecule has 2 aromatic carbocycles. The molecule has 0 bridgehead atoms. The maximum Gasteiger partial charge on any atom is 0.573 e. The quantitative estimate of drug-likeness (QED) is 0.497. The summed E-state index contributed by atoms with van der Waals surface area (Å²) < 4.78 is 55.4. The molecule has 10 heteroatoms. The first kappa shape index (κ1) is 19.9. The van der Waals surface area contributed by atoms with Crippen molar-refractivity contribution in [1.29, 1.82) is 0 Å². The monoisotopic (exact) mass is 408 g/mol. The first-order valence-electron chi connectivity index (χ1n) is 8.03. The standard InChI is InChI=1S/C19H12F4N2O4/c20-14-10-15(29-25-18(27)11-4-2-1-3-5-11)13(9-16(14)28-19(21,22)23)12-6-7-24-17(26)8-12/h1-10H,(H,24,26)(H,25,27). The Balaban J connectivity index is 1.97. The summed E-state index contributed by atoms with van der Waals surface area (Å²) >= 11 is 0. The van der Waals surface area contributed by atoms with Crippen LogP contribution in [0.1, 0.15) is 10.4 Å². The number of aromatic amines is 1. The maximum absolute atomic E-state index is 14.1. The molecule has 0 spiro atoms. The number of amides is 1. The molecule has 0 radical (unpaired) electrons. The molecule has 0 aliphatic rings. The summed E-state index contributed by atoms with van der Waals surface area (Å²) in [7, 11) is 0. The third-order valence-corrected chi connectivity index (χ3v) is 3.64. The van der Waals surface area contributed by atoms with E-state index in [4.69, 9.17) is 4.84 Å². The van der Waals surface area contributed by atoms with Gasteiger partial charge in [-0.1, -0.05) is 18.2 Å². The van der Waals surface area contributed by atoms with E-state index in [-0.39, 0.29) is 22.4 Å². The number of hydroxylamine groups is 1. The van der Waals surface area contributed by atoms with Gasteiger partial charge in [-0.25, -0.2) is 4.39 Å². The van der Waals surface area contributed by atoms with Crippen molar-refractivity contribution in [3.8, 4) is 22.6 Å². The van der Waals surface area contributed by atoms with E-state index < -0.39 is 29.4 Å². The predicted octanol–water partition coefficient (Wildman–Crippen LogP) is 3.80. The second-order valence-corrected chi connectivity index (χ2v) is 5.67. The Kier molecular flexibility index (Phi) is 5.53. The number of aromatic nitrogens is 1. The molecule has 0 saturated heterocycles. The average molecular weight is 408 g/mol. The molecule has 6 nitrogen and oxygen atoms in total. The highest BCUT2D eigenvalue weighted by atomic mass is 19.4. The van der Waals surface area contributed by atoms with Gasteiger partial charge < -0.3 is 14.6 Å². The first-order chi connectivity index (χ1) is 13.7. The zero-order chi connectivity index (χ0) is 21.0. The van der Waals surface area contributed by atoms with Gasteiger partial charge in [0.15, 0.2) is 17.3 Å². The second-order valence-electron chi connectivity index (χ2n) is 5.67. The van der Waals surface area contributed by atoms with Crippen LogP contribution in [0.4, 0.5) is 17.6 Å². The number of pyridine rings is 1. The third-order valence-electron chi connectivity index (χ3n) is 3.64. The van der Waals surface area contributed by atoms with Crippen molar-refractivity contribution < 1.29 is 31.9 Å². The first-order valence-corrected chi connectivity index (χ1v) is 8.03. The molecule has 0 unspecified atom stereocenters. The Morgan fingerprint density at radius 3 is 2.38 bits per heavy atom. The highest BCUT2D eigenvalue weighted by molar-refractivity contribution is 5.93. The molecule has 1 heterocycles. The number of halogens is 4. The van der Waals surface area contributed by atoms with E-state index in [0.29, 0.717) is 6.07 Å². The number of carbonyl (C=O) groups excluding carboxylic acids is 1. The Bertz CT molecular complexity index is 1080. The van der Waals surface area contributed by atoms with Crippen molar-refractivity contribution in [3.63, 3.8) is 0 Å². The van der Waals surface area contributed by atoms with Gasteiger partial charge >= 0.3 is 6.36 Å². The minimum absolute atomic E-state index is 0.106. The van der Waals surface area contributed by atoms with Crippen LogP contribution in [0.2, 0.25) is 0 Å². The number of carbonyl (C=O) groups is 1. The van der Waals surface area contributed by atoms with Gasteiger partial charge in [-0.05, 0) is 29.8 Å². The van der Waals surface area contributed by atoms with Gasteiger partial charge in [0.1, 0.15) is 0 Å². The molecule has 0 saturated carbocycles. The lowest BCUT2D eigenvalue weighted by Crippen LogP contribution is -2.27. The maximum atomic E-state index is 14.1. The molecule has 3 aromatic rings. The van der Waals surface area contributed by atoms with Crippen molar-refractivity contribution in [2.75, 3.05) is 0 Å². The summed E-state index contributed by atoms with van der Waals surface area (Å²) in [5.41, 5.74) is 1.78. The second kappa shape index (κ2) is 8.05. The van der Waals surface area contributed by atoms with E-state index in [2.05, 4.69) is 15.2 Å². The Hall–Kier alpha value is -3.82. The summed E-state index contributed by atoms with van der Waals surface area (Å²) in [6, 6.07) is 11.7. The van der Waals surface area contributed by atoms with Crippen molar-refractivity contribution in [1.82, 2.24) is 10.5 Å². The van der Waals surface area contributed by atoms with E-state index in [1.54, 1.807) is 18.2 Å². The van der Waals surface area contributed by atoms with E-state index in [1.807, 2.05) is 0 Å². The molecular weight excluding hydrogens is 396 g/mol. The van der Waals surface area contributed by atoms with Crippen LogP contribution in [0.25, 0.3) is 11.1 Å². The fourth-order valence-electron chi connectivity index (χ4n) is 2.41. The molecule has 0 aliphatic carbocycles. The lowest BCUT2D eigenvalue weighted by atomic mass is 10.1. The SMILES string of the molecule is O=C(NOc1cc(F)c(OC(F)(F)F)cc1-c1cc[nH]c(=O)c1)c1ccccc1. The van der Waals surface area contributed by atoms with Gasteiger partial charge in [0.2, 0.25) is 5.56 Å². The van der Waals surface area contributed by atoms with Crippen LogP contribution < -0.4 is 20.6 Å². The molecule has 0 aliphatic heterocycles. The summed E-state index contributed by atoms with van der Waals surface area (Å²) in [4.78, 5) is 31.1. The van der Waals surface area contributed by atoms with Crippen LogP contribution in [0.15, 0.2) is 65.6 Å². The number of nitrogens with one attached hydrogen (secondary N) is 2. The Morgan fingerprint density at radius 2 is 1.72 bits per heavy atom. The fourth-order valence-corrected chi connectivity index (χ4v) is 2.41. The van der Waals surface area contributed by atoms with Crippen LogP contribution in [0, 0.1) is 5.82 Å². The average Bonchev–Trinajstić information content (AvgIpc) is 2.67. The molecule has 1 aromatic heterocycles. The van der Waals surface area contributed by atoms with Gasteiger partial charge in [0, 0.05) is 29.5 Å². The number of hydrogen-bond acceptors (Lipinski definition) is 4. The Morgan fingerprint density at radius 1 is 1.00 bits per heavy atom. The number of alkyl halides is 3. The molecule has 3 rings (SSSR count). The summed E-state index contributed by atoms with van der Waals surface area (Å²) in [5.74, 6) is -3.49. The molecular formula is C19H12F4N2O4. The van der Waals surface area contributed by atoms with Crippen LogP contribution >= 0.6 is 0 Å². The fraction of sp³-hybridized carbons (Fsp3) is 0.0526. The minimum atomic E-state index is -5.13. The van der Waals surface area contributed by atoms with E-state index >= 15 is 0 Å². The van der Waals surface area contributed by atoms with E-state index in [1.165, 1.54) is 24.4 Å².